The zero-order valence-corrected chi connectivity index (χ0v) is 22.4. The molecule has 2 N–H and O–H groups in total. The molecule has 198 valence electrons. The van der Waals surface area contributed by atoms with Crippen LogP contribution in [0.2, 0.25) is 0 Å². The first kappa shape index (κ1) is 26.7. The number of carbonyl (C=O) groups is 2. The molecule has 7 nitrogen and oxygen atoms in total. The Bertz CT molecular complexity index is 1110. The van der Waals surface area contributed by atoms with E-state index in [4.69, 9.17) is 14.8 Å². The molecule has 1 amide bonds. The Balaban J connectivity index is 1.54. The second kappa shape index (κ2) is 11.4. The van der Waals surface area contributed by atoms with Gasteiger partial charge in [-0.3, -0.25) is 9.59 Å². The Morgan fingerprint density at radius 3 is 2.27 bits per heavy atom. The highest BCUT2D eigenvalue weighted by molar-refractivity contribution is 5.94. The number of carbonyl (C=O) groups excluding carboxylic acids is 1. The average Bonchev–Trinajstić information content (AvgIpc) is 3.28. The van der Waals surface area contributed by atoms with Crippen LogP contribution in [0.15, 0.2) is 53.5 Å². The van der Waals surface area contributed by atoms with Crippen LogP contribution in [0, 0.1) is 18.3 Å². The summed E-state index contributed by atoms with van der Waals surface area (Å²) >= 11 is 0. The summed E-state index contributed by atoms with van der Waals surface area (Å²) in [4.78, 5) is 30.4. The van der Waals surface area contributed by atoms with Gasteiger partial charge in [0.2, 0.25) is 0 Å². The summed E-state index contributed by atoms with van der Waals surface area (Å²) in [5.41, 5.74) is 3.97. The summed E-state index contributed by atoms with van der Waals surface area (Å²) in [7, 11) is 0. The molecule has 4 rings (SSSR count). The van der Waals surface area contributed by atoms with Gasteiger partial charge in [0, 0.05) is 18.2 Å². The summed E-state index contributed by atoms with van der Waals surface area (Å²) < 4.78 is 6.21. The number of hydrogen-bond donors (Lipinski definition) is 2. The Morgan fingerprint density at radius 2 is 1.68 bits per heavy atom. The minimum Gasteiger partial charge on any atom is -0.481 e. The first-order valence-corrected chi connectivity index (χ1v) is 13.3. The van der Waals surface area contributed by atoms with Gasteiger partial charge < -0.3 is 20.1 Å². The molecular formula is C30H39N3O4. The molecule has 2 aromatic carbocycles. The molecule has 2 fully saturated rings. The minimum atomic E-state index is -0.934. The maximum atomic E-state index is 12.4. The van der Waals surface area contributed by atoms with Gasteiger partial charge in [-0.05, 0) is 73.8 Å². The number of amidine groups is 1. The topological polar surface area (TPSA) is 91.2 Å². The number of carboxylic acid groups (broad SMARTS) is 1. The van der Waals surface area contributed by atoms with Crippen LogP contribution in [0.4, 0.5) is 5.69 Å². The number of rotatable bonds is 7. The third-order valence-corrected chi connectivity index (χ3v) is 7.68. The lowest BCUT2D eigenvalue weighted by atomic mass is 9.71. The fraction of sp³-hybridized carbons (Fsp3) is 0.500. The van der Waals surface area contributed by atoms with Crippen LogP contribution in [0.3, 0.4) is 0 Å². The molecule has 1 atom stereocenters. The van der Waals surface area contributed by atoms with Crippen LogP contribution in [0.25, 0.3) is 0 Å². The van der Waals surface area contributed by atoms with Crippen LogP contribution < -0.4 is 5.32 Å². The molecule has 1 aliphatic heterocycles. The lowest BCUT2D eigenvalue weighted by molar-refractivity contribution is -0.136. The maximum Gasteiger partial charge on any atom is 0.305 e. The lowest BCUT2D eigenvalue weighted by Gasteiger charge is -2.41. The van der Waals surface area contributed by atoms with Gasteiger partial charge in [-0.15, -0.1) is 0 Å². The van der Waals surface area contributed by atoms with Crippen molar-refractivity contribution in [2.45, 2.75) is 71.9 Å². The number of ether oxygens (including phenoxy) is 1. The molecule has 0 radical (unpaired) electrons. The van der Waals surface area contributed by atoms with Crippen molar-refractivity contribution >= 4 is 23.6 Å². The van der Waals surface area contributed by atoms with E-state index >= 15 is 0 Å². The van der Waals surface area contributed by atoms with Gasteiger partial charge in [0.25, 0.3) is 11.9 Å². The summed E-state index contributed by atoms with van der Waals surface area (Å²) in [5, 5.41) is 11.5. The van der Waals surface area contributed by atoms with Crippen molar-refractivity contribution in [1.29, 1.82) is 0 Å². The highest BCUT2D eigenvalue weighted by Gasteiger charge is 2.40. The standard InChI is InChI=1S/C30H39N3O4/c1-20-5-13-24(14-6-20)32-29-33(25-15-11-23(12-16-25)30(2,3)4)26(19-37-29)21-7-9-22(10-8-21)28(36)31-18-17-27(34)35/h5-10,13-14,23,25-26H,11-12,15-19H2,1-4H3,(H,31,36)(H,34,35). The van der Waals surface area contributed by atoms with E-state index in [1.165, 1.54) is 18.4 Å². The smallest absolute Gasteiger partial charge is 0.305 e. The van der Waals surface area contributed by atoms with Crippen molar-refractivity contribution in [3.63, 3.8) is 0 Å². The normalized spacial score (nSPS) is 23.1. The average molecular weight is 506 g/mol. The number of nitrogens with zero attached hydrogens (tertiary/aromatic N) is 2. The van der Waals surface area contributed by atoms with E-state index in [1.807, 2.05) is 24.3 Å². The molecule has 2 aliphatic rings. The molecule has 37 heavy (non-hydrogen) atoms. The van der Waals surface area contributed by atoms with E-state index in [0.29, 0.717) is 35.6 Å². The molecule has 2 aromatic rings. The molecule has 1 saturated carbocycles. The summed E-state index contributed by atoms with van der Waals surface area (Å²) in [6.45, 7) is 9.69. The lowest BCUT2D eigenvalue weighted by Crippen LogP contribution is -2.42. The Hall–Kier alpha value is -3.35. The van der Waals surface area contributed by atoms with E-state index in [2.05, 4.69) is 50.0 Å². The summed E-state index contributed by atoms with van der Waals surface area (Å²) in [6.07, 6.45) is 4.46. The third kappa shape index (κ3) is 6.70. The number of benzene rings is 2. The van der Waals surface area contributed by atoms with Crippen LogP contribution in [-0.4, -0.2) is 47.1 Å². The number of carboxylic acids is 1. The van der Waals surface area contributed by atoms with Gasteiger partial charge in [-0.1, -0.05) is 50.6 Å². The first-order chi connectivity index (χ1) is 17.6. The van der Waals surface area contributed by atoms with Crippen molar-refractivity contribution in [2.24, 2.45) is 16.3 Å². The molecule has 1 unspecified atom stereocenters. The second-order valence-corrected chi connectivity index (χ2v) is 11.4. The number of aliphatic carboxylic acids is 1. The largest absolute Gasteiger partial charge is 0.481 e. The fourth-order valence-electron chi connectivity index (χ4n) is 5.39. The van der Waals surface area contributed by atoms with Crippen LogP contribution >= 0.6 is 0 Å². The molecule has 7 heteroatoms. The van der Waals surface area contributed by atoms with Crippen molar-refractivity contribution in [3.8, 4) is 0 Å². The van der Waals surface area contributed by atoms with Crippen LogP contribution in [0.1, 0.15) is 80.4 Å². The number of aryl methyl sites for hydroxylation is 1. The van der Waals surface area contributed by atoms with Crippen molar-refractivity contribution < 1.29 is 19.4 Å². The van der Waals surface area contributed by atoms with E-state index in [0.717, 1.165) is 24.1 Å². The fourth-order valence-corrected chi connectivity index (χ4v) is 5.39. The van der Waals surface area contributed by atoms with Gasteiger partial charge >= 0.3 is 5.97 Å². The van der Waals surface area contributed by atoms with Gasteiger partial charge in [0.05, 0.1) is 18.2 Å². The van der Waals surface area contributed by atoms with E-state index in [1.54, 1.807) is 12.1 Å². The third-order valence-electron chi connectivity index (χ3n) is 7.68. The summed E-state index contributed by atoms with van der Waals surface area (Å²) in [6, 6.07) is 16.7. The van der Waals surface area contributed by atoms with Crippen molar-refractivity contribution in [3.05, 3.63) is 65.2 Å². The van der Waals surface area contributed by atoms with Crippen LogP contribution in [-0.2, 0) is 9.53 Å². The molecule has 0 bridgehead atoms. The maximum absolute atomic E-state index is 12.4. The minimum absolute atomic E-state index is 0.0181. The van der Waals surface area contributed by atoms with E-state index < -0.39 is 5.97 Å². The van der Waals surface area contributed by atoms with E-state index in [-0.39, 0.29) is 24.9 Å². The SMILES string of the molecule is Cc1ccc(N=C2OCC(c3ccc(C(=O)NCCC(=O)O)cc3)N2C2CCC(C(C)(C)C)CC2)cc1. The first-order valence-electron chi connectivity index (χ1n) is 13.3. The Labute approximate surface area is 219 Å². The van der Waals surface area contributed by atoms with Gasteiger partial charge in [0.1, 0.15) is 6.61 Å². The zero-order chi connectivity index (χ0) is 26.6. The highest BCUT2D eigenvalue weighted by Crippen LogP contribution is 2.42. The zero-order valence-electron chi connectivity index (χ0n) is 22.4. The van der Waals surface area contributed by atoms with Gasteiger partial charge in [0.15, 0.2) is 0 Å². The van der Waals surface area contributed by atoms with E-state index in [9.17, 15) is 9.59 Å². The van der Waals surface area contributed by atoms with Gasteiger partial charge in [-0.2, -0.15) is 4.99 Å². The molecule has 1 saturated heterocycles. The second-order valence-electron chi connectivity index (χ2n) is 11.4. The number of hydrogen-bond acceptors (Lipinski definition) is 4. The highest BCUT2D eigenvalue weighted by atomic mass is 16.5. The van der Waals surface area contributed by atoms with Crippen molar-refractivity contribution in [1.82, 2.24) is 10.2 Å². The van der Waals surface area contributed by atoms with Crippen LogP contribution in [0.5, 0.6) is 0 Å². The predicted octanol–water partition coefficient (Wildman–Crippen LogP) is 5.87. The van der Waals surface area contributed by atoms with Gasteiger partial charge in [-0.25, -0.2) is 0 Å². The Kier molecular flexibility index (Phi) is 8.20. The number of nitrogens with one attached hydrogen (secondary N) is 1. The molecule has 0 aromatic heterocycles. The molecule has 0 spiro atoms. The number of aliphatic imine (C=N–C) groups is 1. The Morgan fingerprint density at radius 1 is 1.03 bits per heavy atom. The number of amides is 1. The monoisotopic (exact) mass is 505 g/mol. The predicted molar refractivity (Wildman–Crippen MR) is 145 cm³/mol. The molecular weight excluding hydrogens is 466 g/mol. The molecule has 1 aliphatic carbocycles. The quantitative estimate of drug-likeness (QED) is 0.491. The molecule has 1 heterocycles. The van der Waals surface area contributed by atoms with Crippen molar-refractivity contribution in [2.75, 3.05) is 13.2 Å². The summed E-state index contributed by atoms with van der Waals surface area (Å²) in [5.74, 6) is -0.492.